The summed E-state index contributed by atoms with van der Waals surface area (Å²) in [5.41, 5.74) is -0.858. The number of carbonyl (C=O) groups is 1. The smallest absolute Gasteiger partial charge is 0.417 e. The van der Waals surface area contributed by atoms with Gasteiger partial charge in [0, 0.05) is 38.4 Å². The molecule has 0 aliphatic carbocycles. The number of halogens is 3. The summed E-state index contributed by atoms with van der Waals surface area (Å²) in [7, 11) is 1.56. The first-order valence-electron chi connectivity index (χ1n) is 9.56. The Balaban J connectivity index is 1.63. The van der Waals surface area contributed by atoms with Crippen LogP contribution in [0.15, 0.2) is 47.4 Å². The van der Waals surface area contributed by atoms with Gasteiger partial charge < -0.3 is 14.2 Å². The van der Waals surface area contributed by atoms with Gasteiger partial charge in [0.1, 0.15) is 18.3 Å². The first kappa shape index (κ1) is 22.4. The number of benzene rings is 1. The highest BCUT2D eigenvalue weighted by molar-refractivity contribution is 5.76. The van der Waals surface area contributed by atoms with Gasteiger partial charge in [-0.3, -0.25) is 14.5 Å². The van der Waals surface area contributed by atoms with Gasteiger partial charge in [0.25, 0.3) is 5.56 Å². The molecule has 0 radical (unpaired) electrons. The zero-order valence-electron chi connectivity index (χ0n) is 16.8. The average molecular weight is 434 g/mol. The van der Waals surface area contributed by atoms with Crippen LogP contribution in [0.1, 0.15) is 17.2 Å². The molecule has 1 aromatic carbocycles. The number of rotatable bonds is 5. The van der Waals surface area contributed by atoms with Crippen LogP contribution in [0, 0.1) is 11.3 Å². The topological polar surface area (TPSA) is 78.6 Å². The molecule has 2 aromatic rings. The maximum atomic E-state index is 12.9. The summed E-state index contributed by atoms with van der Waals surface area (Å²) in [4.78, 5) is 27.9. The molecule has 1 aliphatic heterocycles. The van der Waals surface area contributed by atoms with E-state index in [0.29, 0.717) is 44.2 Å². The molecule has 1 aliphatic rings. The van der Waals surface area contributed by atoms with E-state index in [-0.39, 0.29) is 0 Å². The van der Waals surface area contributed by atoms with Crippen molar-refractivity contribution in [1.82, 2.24) is 14.4 Å². The lowest BCUT2D eigenvalue weighted by atomic mass is 10.1. The predicted molar refractivity (Wildman–Crippen MR) is 105 cm³/mol. The quantitative estimate of drug-likeness (QED) is 0.722. The van der Waals surface area contributed by atoms with E-state index in [9.17, 15) is 28.0 Å². The molecule has 0 spiro atoms. The third kappa shape index (κ3) is 5.24. The highest BCUT2D eigenvalue weighted by Gasteiger charge is 2.32. The lowest BCUT2D eigenvalue weighted by Gasteiger charge is -2.37. The number of hydrogen-bond donors (Lipinski definition) is 0. The number of hydrogen-bond acceptors (Lipinski definition) is 5. The normalized spacial score (nSPS) is 15.9. The SMILES string of the molecule is COc1ccc(C(C#N)N2CCN(C(=O)Cn3cc(C(F)(F)F)ccc3=O)CC2)cc1. The van der Waals surface area contributed by atoms with E-state index in [1.54, 1.807) is 19.2 Å². The Morgan fingerprint density at radius 3 is 2.32 bits per heavy atom. The molecule has 3 rings (SSSR count). The van der Waals surface area contributed by atoms with E-state index in [0.717, 1.165) is 16.2 Å². The molecular weight excluding hydrogens is 413 g/mol. The minimum atomic E-state index is -4.60. The summed E-state index contributed by atoms with van der Waals surface area (Å²) >= 11 is 0. The van der Waals surface area contributed by atoms with Gasteiger partial charge in [-0.15, -0.1) is 0 Å². The van der Waals surface area contributed by atoms with Crippen LogP contribution in [0.2, 0.25) is 0 Å². The third-order valence-electron chi connectivity index (χ3n) is 5.20. The number of ether oxygens (including phenoxy) is 1. The molecule has 2 heterocycles. The largest absolute Gasteiger partial charge is 0.497 e. The standard InChI is InChI=1S/C21H21F3N4O3/c1-31-17-5-2-15(3-6-17)18(12-25)26-8-10-27(11-9-26)20(30)14-28-13-16(21(22,23)24)4-7-19(28)29/h2-7,13,18H,8-11,14H2,1H3. The van der Waals surface area contributed by atoms with Crippen LogP contribution < -0.4 is 10.3 Å². The minimum Gasteiger partial charge on any atom is -0.497 e. The monoisotopic (exact) mass is 434 g/mol. The molecule has 1 fully saturated rings. The fraction of sp³-hybridized carbons (Fsp3) is 0.381. The van der Waals surface area contributed by atoms with Gasteiger partial charge in [0.15, 0.2) is 0 Å². The second-order valence-corrected chi connectivity index (χ2v) is 7.10. The lowest BCUT2D eigenvalue weighted by Crippen LogP contribution is -2.50. The van der Waals surface area contributed by atoms with Crippen molar-refractivity contribution in [3.63, 3.8) is 0 Å². The molecule has 1 amide bonds. The fourth-order valence-corrected chi connectivity index (χ4v) is 3.45. The summed E-state index contributed by atoms with van der Waals surface area (Å²) in [6.07, 6.45) is -3.94. The Kier molecular flexibility index (Phi) is 6.65. The first-order chi connectivity index (χ1) is 14.7. The Hall–Kier alpha value is -3.32. The maximum Gasteiger partial charge on any atom is 0.417 e. The second-order valence-electron chi connectivity index (χ2n) is 7.10. The second kappa shape index (κ2) is 9.22. The van der Waals surface area contributed by atoms with Crippen LogP contribution >= 0.6 is 0 Å². The molecular formula is C21H21F3N4O3. The van der Waals surface area contributed by atoms with Crippen molar-refractivity contribution in [2.45, 2.75) is 18.8 Å². The van der Waals surface area contributed by atoms with Crippen molar-refractivity contribution >= 4 is 5.91 Å². The summed E-state index contributed by atoms with van der Waals surface area (Å²) in [5.74, 6) is 0.236. The molecule has 1 saturated heterocycles. The molecule has 1 atom stereocenters. The van der Waals surface area contributed by atoms with Crippen molar-refractivity contribution < 1.29 is 22.7 Å². The zero-order valence-corrected chi connectivity index (χ0v) is 16.8. The number of methoxy groups -OCH3 is 1. The van der Waals surface area contributed by atoms with Gasteiger partial charge in [0.2, 0.25) is 5.91 Å². The third-order valence-corrected chi connectivity index (χ3v) is 5.20. The molecule has 0 N–H and O–H groups in total. The Bertz CT molecular complexity index is 1020. The summed E-state index contributed by atoms with van der Waals surface area (Å²) in [5, 5.41) is 9.62. The molecule has 31 heavy (non-hydrogen) atoms. The Morgan fingerprint density at radius 2 is 1.77 bits per heavy atom. The minimum absolute atomic E-state index is 0.306. The lowest BCUT2D eigenvalue weighted by molar-refractivity contribution is -0.139. The summed E-state index contributed by atoms with van der Waals surface area (Å²) < 4.78 is 44.5. The van der Waals surface area contributed by atoms with Gasteiger partial charge in [0.05, 0.1) is 18.7 Å². The number of amides is 1. The molecule has 0 bridgehead atoms. The molecule has 1 aromatic heterocycles. The predicted octanol–water partition coefficient (Wildman–Crippen LogP) is 2.28. The number of alkyl halides is 3. The van der Waals surface area contributed by atoms with Crippen LogP contribution in [0.5, 0.6) is 5.75 Å². The molecule has 7 nitrogen and oxygen atoms in total. The number of nitriles is 1. The van der Waals surface area contributed by atoms with Crippen molar-refractivity contribution in [3.8, 4) is 11.8 Å². The molecule has 1 unspecified atom stereocenters. The van der Waals surface area contributed by atoms with Gasteiger partial charge in [-0.05, 0) is 23.8 Å². The van der Waals surface area contributed by atoms with Gasteiger partial charge in [-0.2, -0.15) is 18.4 Å². The van der Waals surface area contributed by atoms with Gasteiger partial charge >= 0.3 is 6.18 Å². The van der Waals surface area contributed by atoms with E-state index in [1.165, 1.54) is 4.90 Å². The first-order valence-corrected chi connectivity index (χ1v) is 9.56. The Morgan fingerprint density at radius 1 is 1.13 bits per heavy atom. The molecule has 0 saturated carbocycles. The van der Waals surface area contributed by atoms with Crippen LogP contribution in [-0.4, -0.2) is 53.6 Å². The average Bonchev–Trinajstić information content (AvgIpc) is 2.76. The van der Waals surface area contributed by atoms with Crippen LogP contribution in [0.4, 0.5) is 13.2 Å². The van der Waals surface area contributed by atoms with E-state index >= 15 is 0 Å². The number of carbonyl (C=O) groups excluding carboxylic acids is 1. The zero-order chi connectivity index (χ0) is 22.6. The highest BCUT2D eigenvalue weighted by Crippen LogP contribution is 2.28. The summed E-state index contributed by atoms with van der Waals surface area (Å²) in [6.45, 7) is 0.992. The van der Waals surface area contributed by atoms with E-state index in [2.05, 4.69) is 6.07 Å². The van der Waals surface area contributed by atoms with E-state index in [1.807, 2.05) is 17.0 Å². The van der Waals surface area contributed by atoms with Crippen molar-refractivity contribution in [3.05, 3.63) is 64.1 Å². The molecule has 164 valence electrons. The fourth-order valence-electron chi connectivity index (χ4n) is 3.45. The van der Waals surface area contributed by atoms with Crippen LogP contribution in [0.3, 0.4) is 0 Å². The van der Waals surface area contributed by atoms with Crippen molar-refractivity contribution in [2.24, 2.45) is 0 Å². The van der Waals surface area contributed by atoms with E-state index < -0.39 is 35.8 Å². The highest BCUT2D eigenvalue weighted by atomic mass is 19.4. The maximum absolute atomic E-state index is 12.9. The van der Waals surface area contributed by atoms with Crippen LogP contribution in [0.25, 0.3) is 0 Å². The summed E-state index contributed by atoms with van der Waals surface area (Å²) in [6, 6.07) is 10.4. The Labute approximate surface area is 176 Å². The van der Waals surface area contributed by atoms with Crippen molar-refractivity contribution in [2.75, 3.05) is 33.3 Å². The van der Waals surface area contributed by atoms with Gasteiger partial charge in [-0.1, -0.05) is 12.1 Å². The molecule has 10 heteroatoms. The van der Waals surface area contributed by atoms with E-state index in [4.69, 9.17) is 4.74 Å². The van der Waals surface area contributed by atoms with Crippen molar-refractivity contribution in [1.29, 1.82) is 5.26 Å². The number of piperazine rings is 1. The number of pyridine rings is 1. The number of nitrogens with zero attached hydrogens (tertiary/aromatic N) is 4. The van der Waals surface area contributed by atoms with Crippen LogP contribution in [-0.2, 0) is 17.5 Å². The number of aromatic nitrogens is 1. The van der Waals surface area contributed by atoms with Gasteiger partial charge in [-0.25, -0.2) is 0 Å².